The van der Waals surface area contributed by atoms with Crippen molar-refractivity contribution >= 4 is 29.9 Å². The van der Waals surface area contributed by atoms with E-state index in [1.807, 2.05) is 19.2 Å². The summed E-state index contributed by atoms with van der Waals surface area (Å²) in [5, 5.41) is 6.80. The van der Waals surface area contributed by atoms with Gasteiger partial charge in [0.2, 0.25) is 0 Å². The number of guanidine groups is 1. The number of hydrogen-bond acceptors (Lipinski definition) is 3. The predicted octanol–water partition coefficient (Wildman–Crippen LogP) is 4.04. The molecule has 6 heteroatoms. The molecule has 0 bridgehead atoms. The normalized spacial score (nSPS) is 17.8. The molecule has 1 atom stereocenters. The van der Waals surface area contributed by atoms with E-state index in [1.165, 1.54) is 37.1 Å². The standard InChI is InChI=1S/C22H32N4O.HI/c1-18-7-5-13-26(16-18)17-20-9-4-3-8-19(20)15-25-22(23-2)24-12-11-21-10-6-14-27-21;/h3-4,6,8-10,14,18H,5,7,11-13,15-17H2,1-2H3,(H2,23,24,25);1H. The van der Waals surface area contributed by atoms with Crippen LogP contribution in [0.15, 0.2) is 52.1 Å². The molecule has 1 unspecified atom stereocenters. The van der Waals surface area contributed by atoms with Gasteiger partial charge in [0.15, 0.2) is 5.96 Å². The van der Waals surface area contributed by atoms with Crippen LogP contribution in [0.25, 0.3) is 0 Å². The van der Waals surface area contributed by atoms with Gasteiger partial charge in [-0.2, -0.15) is 0 Å². The van der Waals surface area contributed by atoms with Crippen LogP contribution in [-0.2, 0) is 19.5 Å². The molecule has 2 N–H and O–H groups in total. The predicted molar refractivity (Wildman–Crippen MR) is 126 cm³/mol. The average molecular weight is 496 g/mol. The lowest BCUT2D eigenvalue weighted by Crippen LogP contribution is -2.38. The lowest BCUT2D eigenvalue weighted by molar-refractivity contribution is 0.176. The van der Waals surface area contributed by atoms with Crippen LogP contribution in [0.1, 0.15) is 36.7 Å². The van der Waals surface area contributed by atoms with Crippen molar-refractivity contribution in [2.24, 2.45) is 10.9 Å². The van der Waals surface area contributed by atoms with Gasteiger partial charge >= 0.3 is 0 Å². The minimum atomic E-state index is 0. The van der Waals surface area contributed by atoms with E-state index in [0.717, 1.165) is 43.7 Å². The van der Waals surface area contributed by atoms with Crippen molar-refractivity contribution < 1.29 is 4.42 Å². The molecule has 0 aliphatic carbocycles. The van der Waals surface area contributed by atoms with Crippen LogP contribution >= 0.6 is 24.0 Å². The van der Waals surface area contributed by atoms with Gasteiger partial charge in [-0.3, -0.25) is 9.89 Å². The highest BCUT2D eigenvalue weighted by atomic mass is 127. The topological polar surface area (TPSA) is 52.8 Å². The zero-order chi connectivity index (χ0) is 18.9. The van der Waals surface area contributed by atoms with E-state index < -0.39 is 0 Å². The Bertz CT molecular complexity index is 717. The van der Waals surface area contributed by atoms with Crippen LogP contribution < -0.4 is 10.6 Å². The highest BCUT2D eigenvalue weighted by molar-refractivity contribution is 14.0. The first kappa shape index (κ1) is 22.7. The molecule has 1 fully saturated rings. The number of rotatable bonds is 7. The maximum absolute atomic E-state index is 5.37. The molecule has 1 aromatic heterocycles. The Hall–Kier alpha value is -1.54. The second kappa shape index (κ2) is 12.1. The molecule has 1 saturated heterocycles. The number of hydrogen-bond donors (Lipinski definition) is 2. The third-order valence-electron chi connectivity index (χ3n) is 5.17. The second-order valence-electron chi connectivity index (χ2n) is 7.43. The number of piperidine rings is 1. The van der Waals surface area contributed by atoms with Gasteiger partial charge in [0.05, 0.1) is 6.26 Å². The molecule has 0 amide bonds. The van der Waals surface area contributed by atoms with E-state index >= 15 is 0 Å². The fourth-order valence-electron chi connectivity index (χ4n) is 3.71. The van der Waals surface area contributed by atoms with Gasteiger partial charge in [0.1, 0.15) is 5.76 Å². The summed E-state index contributed by atoms with van der Waals surface area (Å²) in [4.78, 5) is 6.92. The monoisotopic (exact) mass is 496 g/mol. The highest BCUT2D eigenvalue weighted by Gasteiger charge is 2.17. The molecular formula is C22H33IN4O. The zero-order valence-corrected chi connectivity index (χ0v) is 19.3. The molecule has 0 radical (unpaired) electrons. The summed E-state index contributed by atoms with van der Waals surface area (Å²) in [6.07, 6.45) is 5.23. The lowest BCUT2D eigenvalue weighted by atomic mass is 9.99. The molecule has 0 spiro atoms. The molecule has 1 aliphatic rings. The Morgan fingerprint density at radius 3 is 2.71 bits per heavy atom. The zero-order valence-electron chi connectivity index (χ0n) is 17.0. The quantitative estimate of drug-likeness (QED) is 0.345. The Kier molecular flexibility index (Phi) is 9.84. The summed E-state index contributed by atoms with van der Waals surface area (Å²) in [7, 11) is 1.81. The largest absolute Gasteiger partial charge is 0.469 e. The molecule has 2 aromatic rings. The number of nitrogens with one attached hydrogen (secondary N) is 2. The molecular weight excluding hydrogens is 463 g/mol. The summed E-state index contributed by atoms with van der Waals surface area (Å²) >= 11 is 0. The summed E-state index contributed by atoms with van der Waals surface area (Å²) in [6.45, 7) is 7.38. The fraction of sp³-hybridized carbons (Fsp3) is 0.500. The van der Waals surface area contributed by atoms with Crippen LogP contribution in [0.3, 0.4) is 0 Å². The second-order valence-corrected chi connectivity index (χ2v) is 7.43. The maximum atomic E-state index is 5.37. The van der Waals surface area contributed by atoms with Gasteiger partial charge in [0.25, 0.3) is 0 Å². The van der Waals surface area contributed by atoms with Crippen LogP contribution in [0.2, 0.25) is 0 Å². The van der Waals surface area contributed by atoms with Crippen LogP contribution in [0.4, 0.5) is 0 Å². The first-order valence-corrected chi connectivity index (χ1v) is 10.0. The molecule has 1 aliphatic heterocycles. The minimum Gasteiger partial charge on any atom is -0.469 e. The maximum Gasteiger partial charge on any atom is 0.191 e. The van der Waals surface area contributed by atoms with E-state index in [1.54, 1.807) is 6.26 Å². The van der Waals surface area contributed by atoms with Gasteiger partial charge in [-0.15, -0.1) is 24.0 Å². The molecule has 5 nitrogen and oxygen atoms in total. The van der Waals surface area contributed by atoms with Crippen molar-refractivity contribution in [2.45, 2.75) is 39.3 Å². The third-order valence-corrected chi connectivity index (χ3v) is 5.17. The van der Waals surface area contributed by atoms with Crippen LogP contribution in [0, 0.1) is 5.92 Å². The number of nitrogens with zero attached hydrogens (tertiary/aromatic N) is 2. The van der Waals surface area contributed by atoms with Gasteiger partial charge < -0.3 is 15.1 Å². The van der Waals surface area contributed by atoms with Crippen molar-refractivity contribution in [2.75, 3.05) is 26.7 Å². The van der Waals surface area contributed by atoms with E-state index in [-0.39, 0.29) is 24.0 Å². The molecule has 154 valence electrons. The van der Waals surface area contributed by atoms with Crippen LogP contribution in [0.5, 0.6) is 0 Å². The van der Waals surface area contributed by atoms with Crippen LogP contribution in [-0.4, -0.2) is 37.5 Å². The molecule has 28 heavy (non-hydrogen) atoms. The first-order valence-electron chi connectivity index (χ1n) is 10.0. The number of likely N-dealkylation sites (tertiary alicyclic amines) is 1. The Morgan fingerprint density at radius 2 is 2.00 bits per heavy atom. The first-order chi connectivity index (χ1) is 13.2. The van der Waals surface area contributed by atoms with Gasteiger partial charge in [-0.05, 0) is 48.6 Å². The van der Waals surface area contributed by atoms with Crippen molar-refractivity contribution in [1.82, 2.24) is 15.5 Å². The summed E-state index contributed by atoms with van der Waals surface area (Å²) in [5.41, 5.74) is 2.75. The summed E-state index contributed by atoms with van der Waals surface area (Å²) in [6, 6.07) is 12.6. The number of benzene rings is 1. The van der Waals surface area contributed by atoms with Crippen molar-refractivity contribution in [1.29, 1.82) is 0 Å². The van der Waals surface area contributed by atoms with Crippen molar-refractivity contribution in [3.8, 4) is 0 Å². The smallest absolute Gasteiger partial charge is 0.191 e. The van der Waals surface area contributed by atoms with Crippen molar-refractivity contribution in [3.63, 3.8) is 0 Å². The number of halogens is 1. The van der Waals surface area contributed by atoms with Gasteiger partial charge in [-0.1, -0.05) is 31.2 Å². The molecule has 0 saturated carbocycles. The molecule has 3 rings (SSSR count). The van der Waals surface area contributed by atoms with Gasteiger partial charge in [0, 0.05) is 39.6 Å². The Morgan fingerprint density at radius 1 is 1.18 bits per heavy atom. The third kappa shape index (κ3) is 7.13. The lowest BCUT2D eigenvalue weighted by Gasteiger charge is -2.31. The Labute approximate surface area is 186 Å². The Balaban J connectivity index is 0.00000280. The summed E-state index contributed by atoms with van der Waals surface area (Å²) in [5.74, 6) is 2.61. The minimum absolute atomic E-state index is 0. The number of aliphatic imine (C=N–C) groups is 1. The van der Waals surface area contributed by atoms with Crippen molar-refractivity contribution in [3.05, 3.63) is 59.5 Å². The molecule has 2 heterocycles. The highest BCUT2D eigenvalue weighted by Crippen LogP contribution is 2.19. The SMILES string of the molecule is CN=C(NCCc1ccco1)NCc1ccccc1CN1CCCC(C)C1.I. The van der Waals surface area contributed by atoms with E-state index in [2.05, 4.69) is 51.7 Å². The fourth-order valence-corrected chi connectivity index (χ4v) is 3.71. The van der Waals surface area contributed by atoms with E-state index in [0.29, 0.717) is 0 Å². The molecule has 1 aromatic carbocycles. The summed E-state index contributed by atoms with van der Waals surface area (Å²) < 4.78 is 5.37. The average Bonchev–Trinajstić information content (AvgIpc) is 3.19. The van der Waals surface area contributed by atoms with Gasteiger partial charge in [-0.25, -0.2) is 0 Å². The van der Waals surface area contributed by atoms with E-state index in [4.69, 9.17) is 4.42 Å². The number of furan rings is 1. The van der Waals surface area contributed by atoms with E-state index in [9.17, 15) is 0 Å².